The molecule has 0 aliphatic carbocycles. The maximum absolute atomic E-state index is 10.6. The third-order valence-corrected chi connectivity index (χ3v) is 2.23. The quantitative estimate of drug-likeness (QED) is 0.585. The molecule has 1 atom stereocenters. The summed E-state index contributed by atoms with van der Waals surface area (Å²) < 4.78 is 0. The predicted octanol–water partition coefficient (Wildman–Crippen LogP) is 1.37. The average Bonchev–Trinajstić information content (AvgIpc) is 2.16. The fourth-order valence-electron chi connectivity index (χ4n) is 1.46. The molecular weight excluding hydrogens is 208 g/mol. The first-order valence-electron chi connectivity index (χ1n) is 5.13. The summed E-state index contributed by atoms with van der Waals surface area (Å²) in [6.07, 6.45) is -0.390. The Balaban J connectivity index is 2.63. The Morgan fingerprint density at radius 3 is 2.75 bits per heavy atom. The van der Waals surface area contributed by atoms with Gasteiger partial charge in [0.25, 0.3) is 5.69 Å². The molecule has 2 N–H and O–H groups in total. The number of hydrogen-bond acceptors (Lipinski definition) is 4. The molecule has 0 saturated heterocycles. The Morgan fingerprint density at radius 1 is 1.56 bits per heavy atom. The number of benzene rings is 1. The van der Waals surface area contributed by atoms with Crippen LogP contribution in [0.2, 0.25) is 0 Å². The summed E-state index contributed by atoms with van der Waals surface area (Å²) in [5, 5.41) is 22.7. The third kappa shape index (κ3) is 3.60. The van der Waals surface area contributed by atoms with Gasteiger partial charge in [-0.1, -0.05) is 6.07 Å². The van der Waals surface area contributed by atoms with Crippen LogP contribution in [0.5, 0.6) is 0 Å². The normalized spacial score (nSPS) is 12.4. The van der Waals surface area contributed by atoms with E-state index in [4.69, 9.17) is 5.11 Å². The van der Waals surface area contributed by atoms with Crippen molar-refractivity contribution in [2.24, 2.45) is 0 Å². The van der Waals surface area contributed by atoms with Gasteiger partial charge in [0.15, 0.2) is 0 Å². The molecule has 1 aromatic rings. The molecule has 0 saturated carbocycles. The van der Waals surface area contributed by atoms with Crippen molar-refractivity contribution in [3.05, 3.63) is 39.4 Å². The van der Waals surface area contributed by atoms with Gasteiger partial charge in [0.2, 0.25) is 0 Å². The van der Waals surface area contributed by atoms with E-state index in [2.05, 4.69) is 5.32 Å². The van der Waals surface area contributed by atoms with Crippen molar-refractivity contribution < 1.29 is 10.0 Å². The SMILES string of the molecule is Cc1cc(CNC[C@@H](C)O)ccc1[N+](=O)[O-]. The second kappa shape index (κ2) is 5.58. The van der Waals surface area contributed by atoms with Crippen LogP contribution in [0.3, 0.4) is 0 Å². The van der Waals surface area contributed by atoms with Gasteiger partial charge in [0.1, 0.15) is 0 Å². The lowest BCUT2D eigenvalue weighted by Gasteiger charge is -2.07. The Bertz CT molecular complexity index is 377. The zero-order valence-electron chi connectivity index (χ0n) is 9.43. The molecule has 0 aliphatic rings. The predicted molar refractivity (Wildman–Crippen MR) is 61.2 cm³/mol. The van der Waals surface area contributed by atoms with E-state index in [-0.39, 0.29) is 16.7 Å². The van der Waals surface area contributed by atoms with Crippen molar-refractivity contribution in [3.63, 3.8) is 0 Å². The molecule has 0 aliphatic heterocycles. The number of aryl methyl sites for hydroxylation is 1. The van der Waals surface area contributed by atoms with Gasteiger partial charge in [0.05, 0.1) is 11.0 Å². The lowest BCUT2D eigenvalue weighted by molar-refractivity contribution is -0.385. The van der Waals surface area contributed by atoms with Crippen molar-refractivity contribution in [2.75, 3.05) is 6.54 Å². The second-order valence-electron chi connectivity index (χ2n) is 3.86. The molecule has 1 rings (SSSR count). The van der Waals surface area contributed by atoms with Gasteiger partial charge in [-0.15, -0.1) is 0 Å². The summed E-state index contributed by atoms with van der Waals surface area (Å²) in [5.74, 6) is 0. The van der Waals surface area contributed by atoms with Crippen LogP contribution in [0.1, 0.15) is 18.1 Å². The maximum Gasteiger partial charge on any atom is 0.272 e. The molecule has 0 amide bonds. The van der Waals surface area contributed by atoms with Crippen LogP contribution < -0.4 is 5.32 Å². The molecule has 0 unspecified atom stereocenters. The zero-order chi connectivity index (χ0) is 12.1. The van der Waals surface area contributed by atoms with Crippen LogP contribution in [-0.4, -0.2) is 22.7 Å². The largest absolute Gasteiger partial charge is 0.392 e. The maximum atomic E-state index is 10.6. The molecule has 1 aromatic carbocycles. The summed E-state index contributed by atoms with van der Waals surface area (Å²) in [6.45, 7) is 4.53. The highest BCUT2D eigenvalue weighted by molar-refractivity contribution is 5.41. The number of aliphatic hydroxyl groups excluding tert-OH is 1. The van der Waals surface area contributed by atoms with E-state index in [1.165, 1.54) is 6.07 Å². The highest BCUT2D eigenvalue weighted by Crippen LogP contribution is 2.18. The fraction of sp³-hybridized carbons (Fsp3) is 0.455. The van der Waals surface area contributed by atoms with Crippen LogP contribution in [0.15, 0.2) is 18.2 Å². The van der Waals surface area contributed by atoms with Crippen LogP contribution in [0.4, 0.5) is 5.69 Å². The van der Waals surface area contributed by atoms with E-state index in [1.807, 2.05) is 0 Å². The first-order valence-corrected chi connectivity index (χ1v) is 5.13. The van der Waals surface area contributed by atoms with E-state index in [1.54, 1.807) is 26.0 Å². The Morgan fingerprint density at radius 2 is 2.25 bits per heavy atom. The number of nitro groups is 1. The van der Waals surface area contributed by atoms with E-state index < -0.39 is 0 Å². The minimum atomic E-state index is -0.390. The van der Waals surface area contributed by atoms with E-state index in [0.29, 0.717) is 18.7 Å². The standard InChI is InChI=1S/C11H16N2O3/c1-8-5-10(7-12-6-9(2)14)3-4-11(8)13(15)16/h3-5,9,12,14H,6-7H2,1-2H3/t9-/m1/s1. The zero-order valence-corrected chi connectivity index (χ0v) is 9.43. The van der Waals surface area contributed by atoms with Crippen molar-refractivity contribution >= 4 is 5.69 Å². The monoisotopic (exact) mass is 224 g/mol. The molecule has 0 fully saturated rings. The summed E-state index contributed by atoms with van der Waals surface area (Å²) in [6, 6.07) is 5.02. The summed E-state index contributed by atoms with van der Waals surface area (Å²) >= 11 is 0. The van der Waals surface area contributed by atoms with Gasteiger partial charge >= 0.3 is 0 Å². The minimum Gasteiger partial charge on any atom is -0.392 e. The molecule has 0 radical (unpaired) electrons. The van der Waals surface area contributed by atoms with Gasteiger partial charge < -0.3 is 10.4 Å². The third-order valence-electron chi connectivity index (χ3n) is 2.23. The van der Waals surface area contributed by atoms with Gasteiger partial charge in [-0.05, 0) is 25.5 Å². The lowest BCUT2D eigenvalue weighted by atomic mass is 10.1. The summed E-state index contributed by atoms with van der Waals surface area (Å²) in [5.41, 5.74) is 1.77. The van der Waals surface area contributed by atoms with Crippen LogP contribution >= 0.6 is 0 Å². The topological polar surface area (TPSA) is 75.4 Å². The first kappa shape index (κ1) is 12.6. The average molecular weight is 224 g/mol. The molecule has 0 heterocycles. The highest BCUT2D eigenvalue weighted by atomic mass is 16.6. The number of nitro benzene ring substituents is 1. The highest BCUT2D eigenvalue weighted by Gasteiger charge is 2.09. The molecule has 5 heteroatoms. The lowest BCUT2D eigenvalue weighted by Crippen LogP contribution is -2.23. The molecular formula is C11H16N2O3. The molecule has 88 valence electrons. The van der Waals surface area contributed by atoms with Gasteiger partial charge in [-0.2, -0.15) is 0 Å². The van der Waals surface area contributed by atoms with Crippen molar-refractivity contribution in [1.29, 1.82) is 0 Å². The van der Waals surface area contributed by atoms with Crippen molar-refractivity contribution in [1.82, 2.24) is 5.32 Å². The fourth-order valence-corrected chi connectivity index (χ4v) is 1.46. The van der Waals surface area contributed by atoms with E-state index >= 15 is 0 Å². The van der Waals surface area contributed by atoms with Gasteiger partial charge in [0, 0.05) is 24.7 Å². The Kier molecular flexibility index (Phi) is 4.39. The number of rotatable bonds is 5. The Labute approximate surface area is 94.3 Å². The summed E-state index contributed by atoms with van der Waals surface area (Å²) in [4.78, 5) is 10.2. The van der Waals surface area contributed by atoms with E-state index in [9.17, 15) is 10.1 Å². The number of nitrogens with zero attached hydrogens (tertiary/aromatic N) is 1. The van der Waals surface area contributed by atoms with Gasteiger partial charge in [-0.25, -0.2) is 0 Å². The molecule has 5 nitrogen and oxygen atoms in total. The number of aliphatic hydroxyl groups is 1. The van der Waals surface area contributed by atoms with Crippen molar-refractivity contribution in [3.8, 4) is 0 Å². The van der Waals surface area contributed by atoms with Crippen LogP contribution in [0, 0.1) is 17.0 Å². The number of hydrogen-bond donors (Lipinski definition) is 2. The minimum absolute atomic E-state index is 0.138. The smallest absolute Gasteiger partial charge is 0.272 e. The summed E-state index contributed by atoms with van der Waals surface area (Å²) in [7, 11) is 0. The van der Waals surface area contributed by atoms with Crippen LogP contribution in [0.25, 0.3) is 0 Å². The Hall–Kier alpha value is -1.46. The number of nitrogens with one attached hydrogen (secondary N) is 1. The molecule has 0 bridgehead atoms. The second-order valence-corrected chi connectivity index (χ2v) is 3.86. The van der Waals surface area contributed by atoms with Crippen molar-refractivity contribution in [2.45, 2.75) is 26.5 Å². The first-order chi connectivity index (χ1) is 7.50. The van der Waals surface area contributed by atoms with Gasteiger partial charge in [-0.3, -0.25) is 10.1 Å². The molecule has 0 spiro atoms. The molecule has 16 heavy (non-hydrogen) atoms. The van der Waals surface area contributed by atoms with Crippen LogP contribution in [-0.2, 0) is 6.54 Å². The molecule has 0 aromatic heterocycles. The van der Waals surface area contributed by atoms with E-state index in [0.717, 1.165) is 5.56 Å².